The van der Waals surface area contributed by atoms with Crippen LogP contribution >= 0.6 is 11.6 Å². The van der Waals surface area contributed by atoms with E-state index in [2.05, 4.69) is 9.97 Å². The predicted octanol–water partition coefficient (Wildman–Crippen LogP) is 10.2. The Hall–Kier alpha value is -5.45. The number of hydrogen-bond acceptors (Lipinski definition) is 10. The number of alkyl halides is 4. The molecule has 8 rings (SSSR count). The van der Waals surface area contributed by atoms with Gasteiger partial charge in [0.15, 0.2) is 11.6 Å². The molecule has 0 aliphatic carbocycles. The molecule has 2 saturated heterocycles. The van der Waals surface area contributed by atoms with Gasteiger partial charge in [0, 0.05) is 93.0 Å². The zero-order valence-electron chi connectivity index (χ0n) is 35.4. The molecule has 0 radical (unpaired) electrons. The molecule has 0 unspecified atom stereocenters. The molecule has 0 N–H and O–H groups in total. The van der Waals surface area contributed by atoms with E-state index in [1.54, 1.807) is 16.7 Å². The SMILES string of the molecule is CC(C)Oc1cc2nc(C3CCOCC3)c(Cl)n2cc1CC(=O)c1cccc(C(F)F)n1.CC(C)Oc1cc2nc(C3CCOCC3)cn2cc1CC(=O)c1cccc(C(F)F)n1. The molecule has 0 amide bonds. The third-order valence-electron chi connectivity index (χ3n) is 10.7. The van der Waals surface area contributed by atoms with Crippen LogP contribution in [-0.4, -0.2) is 78.9 Å². The van der Waals surface area contributed by atoms with Crippen LogP contribution in [0.1, 0.15) is 133 Å². The van der Waals surface area contributed by atoms with Gasteiger partial charge in [0.25, 0.3) is 12.9 Å². The van der Waals surface area contributed by atoms with Crippen LogP contribution in [0.3, 0.4) is 0 Å². The Labute approximate surface area is 366 Å². The summed E-state index contributed by atoms with van der Waals surface area (Å²) in [6.07, 6.45) is 3.31. The minimum absolute atomic E-state index is 0.0114. The summed E-state index contributed by atoms with van der Waals surface area (Å²) in [5, 5.41) is 0.495. The van der Waals surface area contributed by atoms with E-state index in [0.29, 0.717) is 52.6 Å². The Morgan fingerprint density at radius 2 is 1.17 bits per heavy atom. The Kier molecular flexibility index (Phi) is 14.7. The second-order valence-corrected chi connectivity index (χ2v) is 16.4. The summed E-state index contributed by atoms with van der Waals surface area (Å²) >= 11 is 6.67. The molecule has 334 valence electrons. The number of carbonyl (C=O) groups excluding carboxylic acids is 2. The minimum atomic E-state index is -2.74. The van der Waals surface area contributed by atoms with E-state index in [4.69, 9.17) is 40.5 Å². The molecule has 2 fully saturated rings. The summed E-state index contributed by atoms with van der Waals surface area (Å²) in [6.45, 7) is 10.4. The zero-order chi connectivity index (χ0) is 44.8. The van der Waals surface area contributed by atoms with Gasteiger partial charge in [0.05, 0.1) is 23.6 Å². The molecular weight excluding hydrogens is 844 g/mol. The summed E-state index contributed by atoms with van der Waals surface area (Å²) < 4.78 is 78.3. The van der Waals surface area contributed by atoms with Gasteiger partial charge in [0.2, 0.25) is 0 Å². The lowest BCUT2D eigenvalue weighted by Crippen LogP contribution is -2.14. The molecular formula is C46H49ClF4N6O6. The number of nitrogens with zero attached hydrogens (tertiary/aromatic N) is 6. The third-order valence-corrected chi connectivity index (χ3v) is 11.0. The van der Waals surface area contributed by atoms with E-state index in [0.717, 1.165) is 55.9 Å². The molecule has 17 heteroatoms. The van der Waals surface area contributed by atoms with Gasteiger partial charge < -0.3 is 23.3 Å². The minimum Gasteiger partial charge on any atom is -0.491 e. The van der Waals surface area contributed by atoms with Crippen molar-refractivity contribution in [3.8, 4) is 11.5 Å². The van der Waals surface area contributed by atoms with Crippen molar-refractivity contribution in [2.45, 2.75) is 103 Å². The topological polar surface area (TPSA) is 131 Å². The molecule has 0 bridgehead atoms. The number of fused-ring (bicyclic) bond motifs is 2. The third kappa shape index (κ3) is 11.2. The molecule has 0 aromatic carbocycles. The number of imidazole rings is 2. The number of rotatable bonds is 14. The van der Waals surface area contributed by atoms with Gasteiger partial charge in [-0.2, -0.15) is 0 Å². The number of Topliss-reactive ketones (excluding diaryl/α,β-unsaturated/α-hetero) is 2. The number of carbonyl (C=O) groups is 2. The van der Waals surface area contributed by atoms with E-state index < -0.39 is 24.2 Å². The average molecular weight is 893 g/mol. The van der Waals surface area contributed by atoms with Crippen molar-refractivity contribution in [3.63, 3.8) is 0 Å². The van der Waals surface area contributed by atoms with Crippen LogP contribution in [-0.2, 0) is 22.3 Å². The molecule has 2 aliphatic rings. The number of hydrogen-bond donors (Lipinski definition) is 0. The molecule has 63 heavy (non-hydrogen) atoms. The van der Waals surface area contributed by atoms with Gasteiger partial charge in [-0.05, 0) is 77.6 Å². The first-order valence-electron chi connectivity index (χ1n) is 21.0. The first-order valence-corrected chi connectivity index (χ1v) is 21.4. The lowest BCUT2D eigenvalue weighted by Gasteiger charge is -2.20. The number of pyridine rings is 4. The fourth-order valence-corrected chi connectivity index (χ4v) is 7.91. The Morgan fingerprint density at radius 1 is 0.683 bits per heavy atom. The summed E-state index contributed by atoms with van der Waals surface area (Å²) in [6, 6.07) is 11.7. The summed E-state index contributed by atoms with van der Waals surface area (Å²) in [5.74, 6) is 0.879. The molecule has 6 aromatic heterocycles. The summed E-state index contributed by atoms with van der Waals surface area (Å²) in [4.78, 5) is 42.8. The molecule has 8 heterocycles. The Balaban J connectivity index is 0.000000189. The van der Waals surface area contributed by atoms with Crippen molar-refractivity contribution in [3.05, 3.63) is 118 Å². The smallest absolute Gasteiger partial charge is 0.280 e. The molecule has 6 aromatic rings. The van der Waals surface area contributed by atoms with Gasteiger partial charge in [-0.3, -0.25) is 14.0 Å². The van der Waals surface area contributed by atoms with Crippen LogP contribution in [0.15, 0.2) is 67.1 Å². The number of aromatic nitrogens is 6. The highest BCUT2D eigenvalue weighted by atomic mass is 35.5. The highest BCUT2D eigenvalue weighted by Gasteiger charge is 2.26. The van der Waals surface area contributed by atoms with E-state index in [9.17, 15) is 27.2 Å². The average Bonchev–Trinajstić information content (AvgIpc) is 3.83. The predicted molar refractivity (Wildman–Crippen MR) is 227 cm³/mol. The van der Waals surface area contributed by atoms with E-state index in [-0.39, 0.29) is 53.9 Å². The van der Waals surface area contributed by atoms with Crippen LogP contribution in [0.5, 0.6) is 11.5 Å². The first kappa shape index (κ1) is 45.6. The Morgan fingerprint density at radius 3 is 1.68 bits per heavy atom. The monoisotopic (exact) mass is 892 g/mol. The fourth-order valence-electron chi connectivity index (χ4n) is 7.58. The molecule has 0 saturated carbocycles. The number of halogens is 5. The normalized spacial score (nSPS) is 15.1. The lowest BCUT2D eigenvalue weighted by molar-refractivity contribution is 0.0845. The lowest BCUT2D eigenvalue weighted by atomic mass is 9.97. The Bertz CT molecular complexity index is 2550. The second kappa shape index (κ2) is 20.4. The van der Waals surface area contributed by atoms with E-state index >= 15 is 0 Å². The van der Waals surface area contributed by atoms with Crippen LogP contribution in [0.2, 0.25) is 5.15 Å². The molecule has 2 aliphatic heterocycles. The van der Waals surface area contributed by atoms with Crippen LogP contribution in [0.25, 0.3) is 11.3 Å². The van der Waals surface area contributed by atoms with Crippen molar-refractivity contribution < 1.29 is 46.1 Å². The fraction of sp³-hybridized carbons (Fsp3) is 0.435. The highest BCUT2D eigenvalue weighted by molar-refractivity contribution is 6.30. The summed E-state index contributed by atoms with van der Waals surface area (Å²) in [5.41, 5.74) is 3.57. The van der Waals surface area contributed by atoms with Crippen molar-refractivity contribution >= 4 is 34.5 Å². The van der Waals surface area contributed by atoms with Gasteiger partial charge in [-0.1, -0.05) is 23.7 Å². The number of ketones is 2. The van der Waals surface area contributed by atoms with Gasteiger partial charge in [0.1, 0.15) is 50.7 Å². The maximum Gasteiger partial charge on any atom is 0.280 e. The van der Waals surface area contributed by atoms with Crippen molar-refractivity contribution in [2.24, 2.45) is 0 Å². The maximum atomic E-state index is 13.0. The largest absolute Gasteiger partial charge is 0.491 e. The second-order valence-electron chi connectivity index (χ2n) is 16.1. The van der Waals surface area contributed by atoms with Crippen molar-refractivity contribution in [2.75, 3.05) is 26.4 Å². The van der Waals surface area contributed by atoms with Gasteiger partial charge in [-0.25, -0.2) is 37.5 Å². The van der Waals surface area contributed by atoms with E-state index in [1.807, 2.05) is 50.6 Å². The summed E-state index contributed by atoms with van der Waals surface area (Å²) in [7, 11) is 0. The maximum absolute atomic E-state index is 13.0. The van der Waals surface area contributed by atoms with Crippen LogP contribution < -0.4 is 9.47 Å². The quantitative estimate of drug-likeness (QED) is 0.0769. The first-order chi connectivity index (χ1) is 30.2. The van der Waals surface area contributed by atoms with Crippen molar-refractivity contribution in [1.29, 1.82) is 0 Å². The van der Waals surface area contributed by atoms with Gasteiger partial charge >= 0.3 is 0 Å². The van der Waals surface area contributed by atoms with Gasteiger partial charge in [-0.15, -0.1) is 0 Å². The highest BCUT2D eigenvalue weighted by Crippen LogP contribution is 2.35. The number of ether oxygens (including phenoxy) is 4. The molecule has 12 nitrogen and oxygen atoms in total. The van der Waals surface area contributed by atoms with Crippen LogP contribution in [0.4, 0.5) is 17.6 Å². The van der Waals surface area contributed by atoms with E-state index in [1.165, 1.54) is 36.4 Å². The zero-order valence-corrected chi connectivity index (χ0v) is 36.2. The van der Waals surface area contributed by atoms with Crippen molar-refractivity contribution in [1.82, 2.24) is 28.7 Å². The van der Waals surface area contributed by atoms with Crippen LogP contribution in [0, 0.1) is 0 Å². The molecule has 0 atom stereocenters. The molecule has 0 spiro atoms. The standard InChI is InChI=1S/C23H24ClF2N3O3.C23H25F2N3O3/c1-13(2)32-19-11-20-28-21(14-6-8-31-9-7-14)22(24)29(20)12-15(19)10-18(30)16-4-3-5-17(27-16)23(25)26;1-14(2)31-21-11-22-27-19(15-6-8-30-9-7-15)13-28(22)12-16(21)10-20(29)17-4-3-5-18(26-17)23(24)25/h3-5,11-14,23H,6-10H2,1-2H3;3-5,11-15,23H,6-10H2,1-2H3.